The van der Waals surface area contributed by atoms with E-state index in [9.17, 15) is 24.0 Å². The number of hydrogen-bond donors (Lipinski definition) is 5. The Bertz CT molecular complexity index is 736. The number of amides is 4. The fourth-order valence-electron chi connectivity index (χ4n) is 4.21. The first-order chi connectivity index (χ1) is 16.5. The van der Waals surface area contributed by atoms with Crippen molar-refractivity contribution in [2.45, 2.75) is 96.7 Å². The largest absolute Gasteiger partial charge is 0.464 e. The average molecular weight is 498 g/mol. The molecule has 1 rings (SSSR count). The molecule has 6 N–H and O–H groups in total. The summed E-state index contributed by atoms with van der Waals surface area (Å²) in [6, 6.07) is -1.66. The van der Waals surface area contributed by atoms with E-state index in [1.165, 1.54) is 6.92 Å². The van der Waals surface area contributed by atoms with Gasteiger partial charge in [-0.25, -0.2) is 4.79 Å². The van der Waals surface area contributed by atoms with Crippen LogP contribution in [0.3, 0.4) is 0 Å². The van der Waals surface area contributed by atoms with Gasteiger partial charge in [-0.05, 0) is 57.9 Å². The maximum atomic E-state index is 12.9. The van der Waals surface area contributed by atoms with Crippen LogP contribution in [0.1, 0.15) is 79.1 Å². The Balaban J connectivity index is 2.79. The smallest absolute Gasteiger partial charge is 0.331 e. The second-order valence-corrected chi connectivity index (χ2v) is 9.50. The van der Waals surface area contributed by atoms with E-state index in [1.54, 1.807) is 6.92 Å². The summed E-state index contributed by atoms with van der Waals surface area (Å²) in [5.74, 6) is -2.14. The Hall–Kier alpha value is -2.69. The highest BCUT2D eigenvalue weighted by atomic mass is 16.5. The highest BCUT2D eigenvalue weighted by molar-refractivity contribution is 5.94. The molecule has 0 radical (unpaired) electrons. The van der Waals surface area contributed by atoms with E-state index in [1.807, 2.05) is 13.8 Å². The fraction of sp³-hybridized carbons (Fsp3) is 0.792. The molecule has 0 saturated heterocycles. The van der Waals surface area contributed by atoms with E-state index >= 15 is 0 Å². The molecule has 0 aromatic heterocycles. The second-order valence-electron chi connectivity index (χ2n) is 9.50. The second kappa shape index (κ2) is 15.3. The predicted molar refractivity (Wildman–Crippen MR) is 131 cm³/mol. The molecule has 11 heteroatoms. The number of esters is 1. The first-order valence-corrected chi connectivity index (χ1v) is 12.6. The maximum Gasteiger partial charge on any atom is 0.331 e. The molecule has 0 heterocycles. The summed E-state index contributed by atoms with van der Waals surface area (Å²) in [5, 5.41) is 10.6. The summed E-state index contributed by atoms with van der Waals surface area (Å²) < 4.78 is 5.14. The van der Waals surface area contributed by atoms with Gasteiger partial charge < -0.3 is 31.7 Å². The zero-order valence-electron chi connectivity index (χ0n) is 21.5. The van der Waals surface area contributed by atoms with Crippen LogP contribution in [-0.4, -0.2) is 66.9 Å². The third-order valence-corrected chi connectivity index (χ3v) is 5.91. The molecule has 2 unspecified atom stereocenters. The number of nitrogens with one attached hydrogen (secondary N) is 4. The maximum absolute atomic E-state index is 12.9. The average Bonchev–Trinajstić information content (AvgIpc) is 3.25. The van der Waals surface area contributed by atoms with E-state index in [4.69, 9.17) is 10.5 Å². The van der Waals surface area contributed by atoms with Crippen molar-refractivity contribution >= 4 is 29.6 Å². The van der Waals surface area contributed by atoms with Crippen LogP contribution in [0.5, 0.6) is 0 Å². The van der Waals surface area contributed by atoms with Gasteiger partial charge in [-0.2, -0.15) is 0 Å². The summed E-state index contributed by atoms with van der Waals surface area (Å²) in [7, 11) is 0. The summed E-state index contributed by atoms with van der Waals surface area (Å²) in [5.41, 5.74) is 4.50. The molecule has 1 saturated carbocycles. The molecule has 4 amide bonds. The molecule has 0 aromatic rings. The zero-order chi connectivity index (χ0) is 26.4. The van der Waals surface area contributed by atoms with Gasteiger partial charge in [-0.15, -0.1) is 0 Å². The van der Waals surface area contributed by atoms with E-state index in [0.717, 1.165) is 12.8 Å². The molecule has 0 spiro atoms. The lowest BCUT2D eigenvalue weighted by Crippen LogP contribution is -2.57. The molecule has 0 bridgehead atoms. The van der Waals surface area contributed by atoms with Gasteiger partial charge in [0.2, 0.25) is 23.6 Å². The summed E-state index contributed by atoms with van der Waals surface area (Å²) in [4.78, 5) is 62.3. The van der Waals surface area contributed by atoms with Gasteiger partial charge in [0.1, 0.15) is 17.6 Å². The number of ether oxygens (including phenoxy) is 1. The number of carbonyl (C=O) groups excluding carboxylic acids is 5. The highest BCUT2D eigenvalue weighted by Crippen LogP contribution is 2.30. The standard InChI is InChI=1S/C24H43N5O6/c1-5-35-23(34)24(11-7-8-12-24)29-20(31)15-26-21(32)18(10-6-9-13-25)28-22(33)19(14-16(2)3)27-17(4)30/h16,18-19H,5-15,25H2,1-4H3,(H,26,32)(H,27,30)(H,28,33)(H,29,31). The van der Waals surface area contributed by atoms with Gasteiger partial charge in [-0.3, -0.25) is 19.2 Å². The van der Waals surface area contributed by atoms with Crippen molar-refractivity contribution in [2.75, 3.05) is 19.7 Å². The Labute approximate surface area is 208 Å². The number of hydrogen-bond acceptors (Lipinski definition) is 7. The van der Waals surface area contributed by atoms with Crippen molar-refractivity contribution in [3.63, 3.8) is 0 Å². The topological polar surface area (TPSA) is 169 Å². The number of rotatable bonds is 15. The van der Waals surface area contributed by atoms with E-state index < -0.39 is 41.3 Å². The number of carbonyl (C=O) groups is 5. The van der Waals surface area contributed by atoms with Crippen molar-refractivity contribution in [1.82, 2.24) is 21.3 Å². The van der Waals surface area contributed by atoms with Crippen LogP contribution in [0.4, 0.5) is 0 Å². The van der Waals surface area contributed by atoms with Crippen molar-refractivity contribution in [3.8, 4) is 0 Å². The van der Waals surface area contributed by atoms with Crippen LogP contribution in [0, 0.1) is 5.92 Å². The molecule has 1 aliphatic carbocycles. The quantitative estimate of drug-likeness (QED) is 0.160. The van der Waals surface area contributed by atoms with Crippen molar-refractivity contribution in [2.24, 2.45) is 11.7 Å². The summed E-state index contributed by atoms with van der Waals surface area (Å²) in [6.45, 7) is 7.22. The molecule has 2 atom stereocenters. The first-order valence-electron chi connectivity index (χ1n) is 12.6. The van der Waals surface area contributed by atoms with Crippen molar-refractivity contribution in [3.05, 3.63) is 0 Å². The molecule has 35 heavy (non-hydrogen) atoms. The number of nitrogens with two attached hydrogens (primary N) is 1. The Morgan fingerprint density at radius 1 is 0.971 bits per heavy atom. The monoisotopic (exact) mass is 497 g/mol. The van der Waals surface area contributed by atoms with Crippen LogP contribution in [0.2, 0.25) is 0 Å². The Morgan fingerprint density at radius 3 is 2.17 bits per heavy atom. The van der Waals surface area contributed by atoms with Crippen molar-refractivity contribution in [1.29, 1.82) is 0 Å². The predicted octanol–water partition coefficient (Wildman–Crippen LogP) is 0.259. The minimum absolute atomic E-state index is 0.146. The molecule has 1 fully saturated rings. The van der Waals surface area contributed by atoms with E-state index in [0.29, 0.717) is 45.1 Å². The minimum Gasteiger partial charge on any atom is -0.464 e. The third kappa shape index (κ3) is 10.6. The van der Waals surface area contributed by atoms with Crippen LogP contribution in [-0.2, 0) is 28.7 Å². The molecule has 0 aromatic carbocycles. The van der Waals surface area contributed by atoms with Crippen LogP contribution >= 0.6 is 0 Å². The van der Waals surface area contributed by atoms with Crippen molar-refractivity contribution < 1.29 is 28.7 Å². The Kier molecular flexibility index (Phi) is 13.3. The van der Waals surface area contributed by atoms with E-state index in [-0.39, 0.29) is 25.0 Å². The zero-order valence-corrected chi connectivity index (χ0v) is 21.5. The molecule has 0 aliphatic heterocycles. The lowest BCUT2D eigenvalue weighted by Gasteiger charge is -2.28. The van der Waals surface area contributed by atoms with Gasteiger partial charge >= 0.3 is 5.97 Å². The van der Waals surface area contributed by atoms with Crippen LogP contribution < -0.4 is 27.0 Å². The summed E-state index contributed by atoms with van der Waals surface area (Å²) in [6.07, 6.45) is 4.59. The third-order valence-electron chi connectivity index (χ3n) is 5.91. The highest BCUT2D eigenvalue weighted by Gasteiger charge is 2.43. The van der Waals surface area contributed by atoms with Crippen LogP contribution in [0.15, 0.2) is 0 Å². The molecule has 11 nitrogen and oxygen atoms in total. The number of unbranched alkanes of at least 4 members (excludes halogenated alkanes) is 1. The van der Waals surface area contributed by atoms with Crippen LogP contribution in [0.25, 0.3) is 0 Å². The first kappa shape index (κ1) is 30.3. The minimum atomic E-state index is -1.06. The SMILES string of the molecule is CCOC(=O)C1(NC(=O)CNC(=O)C(CCCCN)NC(=O)C(CC(C)C)NC(C)=O)CCCC1. The van der Waals surface area contributed by atoms with Gasteiger partial charge in [0.05, 0.1) is 13.2 Å². The van der Waals surface area contributed by atoms with Gasteiger partial charge in [0, 0.05) is 6.92 Å². The summed E-state index contributed by atoms with van der Waals surface area (Å²) >= 11 is 0. The van der Waals surface area contributed by atoms with Gasteiger partial charge in [0.15, 0.2) is 0 Å². The fourth-order valence-corrected chi connectivity index (χ4v) is 4.21. The lowest BCUT2D eigenvalue weighted by atomic mass is 9.97. The normalized spacial score (nSPS) is 16.2. The Morgan fingerprint density at radius 2 is 1.63 bits per heavy atom. The van der Waals surface area contributed by atoms with E-state index in [2.05, 4.69) is 21.3 Å². The molecule has 200 valence electrons. The molecular formula is C24H43N5O6. The van der Waals surface area contributed by atoms with Gasteiger partial charge in [0.25, 0.3) is 0 Å². The molecule has 1 aliphatic rings. The molecular weight excluding hydrogens is 454 g/mol. The lowest BCUT2D eigenvalue weighted by molar-refractivity contribution is -0.153. The van der Waals surface area contributed by atoms with Gasteiger partial charge in [-0.1, -0.05) is 26.7 Å².